The number of thioether (sulfide) groups is 1. The van der Waals surface area contributed by atoms with E-state index < -0.39 is 15.6 Å². The molecular weight excluding hydrogens is 494 g/mol. The average molecular weight is 522 g/mol. The molecule has 4 atom stereocenters. The van der Waals surface area contributed by atoms with Crippen LogP contribution in [0.1, 0.15) is 26.0 Å². The number of thiazole rings is 1. The number of fused-ring (bicyclic) bond motifs is 2. The molecule has 1 saturated heterocycles. The molecule has 3 aromatic heterocycles. The molecule has 0 radical (unpaired) electrons. The fourth-order valence-electron chi connectivity index (χ4n) is 4.84. The smallest absolute Gasteiger partial charge is 0.189 e. The van der Waals surface area contributed by atoms with Crippen LogP contribution in [0, 0.1) is 12.8 Å². The minimum atomic E-state index is -3.17. The summed E-state index contributed by atoms with van der Waals surface area (Å²) in [6.07, 6.45) is 6.71. The lowest BCUT2D eigenvalue weighted by atomic mass is 10.1. The van der Waals surface area contributed by atoms with Gasteiger partial charge < -0.3 is 14.8 Å². The van der Waals surface area contributed by atoms with E-state index in [2.05, 4.69) is 15.3 Å². The van der Waals surface area contributed by atoms with Crippen molar-refractivity contribution >= 4 is 49.0 Å². The van der Waals surface area contributed by atoms with Crippen molar-refractivity contribution < 1.29 is 17.9 Å². The van der Waals surface area contributed by atoms with Gasteiger partial charge in [0.2, 0.25) is 0 Å². The largest absolute Gasteiger partial charge is 0.364 e. The Kier molecular flexibility index (Phi) is 6.08. The number of hydrogen-bond acceptors (Lipinski definition) is 11. The average Bonchev–Trinajstić information content (AvgIpc) is 3.38. The molecule has 4 unspecified atom stereocenters. The summed E-state index contributed by atoms with van der Waals surface area (Å²) in [4.78, 5) is 18.4. The Bertz CT molecular complexity index is 1310. The summed E-state index contributed by atoms with van der Waals surface area (Å²) in [6.45, 7) is 5.68. The van der Waals surface area contributed by atoms with Gasteiger partial charge in [0, 0.05) is 18.4 Å². The SMILES string of the molecule is CSc1nc(C)c(-c2nc3cnccc3s2)c(NC2CC(CS(C)(=O)=O)C3OC(C)(C)OC23)n1. The Morgan fingerprint density at radius 1 is 1.24 bits per heavy atom. The summed E-state index contributed by atoms with van der Waals surface area (Å²) in [5.74, 6) is -0.219. The van der Waals surface area contributed by atoms with Crippen molar-refractivity contribution in [2.45, 2.75) is 56.4 Å². The minimum Gasteiger partial charge on any atom is -0.364 e. The van der Waals surface area contributed by atoms with Crippen molar-refractivity contribution in [1.82, 2.24) is 19.9 Å². The number of hydrogen-bond donors (Lipinski definition) is 1. The van der Waals surface area contributed by atoms with Crippen LogP contribution < -0.4 is 5.32 Å². The molecule has 34 heavy (non-hydrogen) atoms. The summed E-state index contributed by atoms with van der Waals surface area (Å²) < 4.78 is 37.6. The quantitative estimate of drug-likeness (QED) is 0.381. The highest BCUT2D eigenvalue weighted by atomic mass is 32.2. The molecule has 1 aliphatic heterocycles. The van der Waals surface area contributed by atoms with Crippen LogP contribution in [0.15, 0.2) is 23.6 Å². The molecule has 2 fully saturated rings. The Morgan fingerprint density at radius 2 is 2.00 bits per heavy atom. The predicted molar refractivity (Wildman–Crippen MR) is 134 cm³/mol. The topological polar surface area (TPSA) is 116 Å². The van der Waals surface area contributed by atoms with Gasteiger partial charge in [0.1, 0.15) is 32.3 Å². The first-order valence-electron chi connectivity index (χ1n) is 11.0. The third-order valence-corrected chi connectivity index (χ3v) is 8.71. The van der Waals surface area contributed by atoms with Crippen molar-refractivity contribution in [1.29, 1.82) is 0 Å². The molecule has 9 nitrogen and oxygen atoms in total. The van der Waals surface area contributed by atoms with E-state index in [1.165, 1.54) is 18.0 Å². The maximum atomic E-state index is 12.1. The zero-order chi connectivity index (χ0) is 24.3. The number of ether oxygens (including phenoxy) is 2. The number of aromatic nitrogens is 4. The van der Waals surface area contributed by atoms with Gasteiger partial charge in [-0.3, -0.25) is 4.98 Å². The van der Waals surface area contributed by atoms with Crippen molar-refractivity contribution in [3.05, 3.63) is 24.2 Å². The lowest BCUT2D eigenvalue weighted by Gasteiger charge is -2.25. The second-order valence-electron chi connectivity index (χ2n) is 9.29. The lowest BCUT2D eigenvalue weighted by molar-refractivity contribution is -0.156. The second-order valence-corrected chi connectivity index (χ2v) is 13.3. The molecule has 1 N–H and O–H groups in total. The maximum Gasteiger partial charge on any atom is 0.189 e. The Balaban J connectivity index is 1.54. The van der Waals surface area contributed by atoms with Gasteiger partial charge in [-0.05, 0) is 39.5 Å². The van der Waals surface area contributed by atoms with Crippen LogP contribution in [-0.2, 0) is 19.3 Å². The van der Waals surface area contributed by atoms with Gasteiger partial charge in [-0.2, -0.15) is 0 Å². The van der Waals surface area contributed by atoms with E-state index in [9.17, 15) is 8.42 Å². The highest BCUT2D eigenvalue weighted by Crippen LogP contribution is 2.44. The summed E-state index contributed by atoms with van der Waals surface area (Å²) in [6, 6.07) is 1.77. The van der Waals surface area contributed by atoms with Crippen molar-refractivity contribution in [2.24, 2.45) is 5.92 Å². The fourth-order valence-corrected chi connectivity index (χ4v) is 7.39. The van der Waals surface area contributed by atoms with Gasteiger partial charge in [0.25, 0.3) is 0 Å². The first kappa shape index (κ1) is 23.9. The van der Waals surface area contributed by atoms with Gasteiger partial charge in [0.15, 0.2) is 10.9 Å². The van der Waals surface area contributed by atoms with Crippen LogP contribution in [0.2, 0.25) is 0 Å². The van der Waals surface area contributed by atoms with Crippen LogP contribution in [0.4, 0.5) is 5.82 Å². The van der Waals surface area contributed by atoms with Crippen molar-refractivity contribution in [2.75, 3.05) is 23.6 Å². The highest BCUT2D eigenvalue weighted by Gasteiger charge is 2.54. The Hall–Kier alpha value is -1.86. The predicted octanol–water partition coefficient (Wildman–Crippen LogP) is 3.54. The van der Waals surface area contributed by atoms with E-state index in [4.69, 9.17) is 19.4 Å². The monoisotopic (exact) mass is 521 g/mol. The first-order valence-corrected chi connectivity index (χ1v) is 15.1. The van der Waals surface area contributed by atoms with Crippen LogP contribution in [-0.4, -0.2) is 70.7 Å². The number of pyridine rings is 1. The molecule has 1 aliphatic carbocycles. The molecule has 12 heteroatoms. The lowest BCUT2D eigenvalue weighted by Crippen LogP contribution is -2.35. The molecule has 5 rings (SSSR count). The highest BCUT2D eigenvalue weighted by molar-refractivity contribution is 7.98. The molecule has 182 valence electrons. The fraction of sp³-hybridized carbons (Fsp3) is 0.545. The summed E-state index contributed by atoms with van der Waals surface area (Å²) >= 11 is 3.03. The first-order chi connectivity index (χ1) is 16.0. The summed E-state index contributed by atoms with van der Waals surface area (Å²) in [5, 5.41) is 5.04. The molecule has 0 spiro atoms. The molecule has 2 aliphatic rings. The van der Waals surface area contributed by atoms with Crippen LogP contribution in [0.5, 0.6) is 0 Å². The number of rotatable bonds is 6. The third kappa shape index (κ3) is 4.66. The number of nitrogens with zero attached hydrogens (tertiary/aromatic N) is 4. The molecule has 1 saturated carbocycles. The molecule has 0 amide bonds. The maximum absolute atomic E-state index is 12.1. The van der Waals surface area contributed by atoms with Crippen LogP contribution >= 0.6 is 23.1 Å². The van der Waals surface area contributed by atoms with Crippen molar-refractivity contribution in [3.8, 4) is 10.6 Å². The normalized spacial score (nSPS) is 26.1. The standard InChI is InChI=1S/C22H27N5O4S3/c1-11-16(20-26-14-9-23-7-6-15(14)33-20)19(27-21(24-11)32-4)25-13-8-12(10-34(5,28)29)17-18(13)31-22(2,3)30-17/h6-7,9,12-13,17-18H,8,10H2,1-5H3,(H,24,25,27). The van der Waals surface area contributed by atoms with Gasteiger partial charge in [0.05, 0.1) is 40.1 Å². The zero-order valence-electron chi connectivity index (χ0n) is 19.6. The molecule has 0 bridgehead atoms. The molecule has 0 aromatic carbocycles. The van der Waals surface area contributed by atoms with Gasteiger partial charge in [-0.1, -0.05) is 11.8 Å². The van der Waals surface area contributed by atoms with E-state index in [1.54, 1.807) is 23.7 Å². The number of aryl methyl sites for hydroxylation is 1. The van der Waals surface area contributed by atoms with E-state index in [0.29, 0.717) is 17.4 Å². The van der Waals surface area contributed by atoms with E-state index in [-0.39, 0.29) is 29.9 Å². The number of anilines is 1. The molecule has 3 aromatic rings. The second kappa shape index (κ2) is 8.66. The minimum absolute atomic E-state index is 0.0579. The summed E-state index contributed by atoms with van der Waals surface area (Å²) in [5.41, 5.74) is 2.48. The number of sulfone groups is 1. The Labute approximate surface area is 207 Å². The Morgan fingerprint density at radius 3 is 2.71 bits per heavy atom. The molecule has 4 heterocycles. The van der Waals surface area contributed by atoms with E-state index in [0.717, 1.165) is 26.5 Å². The van der Waals surface area contributed by atoms with Gasteiger partial charge >= 0.3 is 0 Å². The van der Waals surface area contributed by atoms with E-state index >= 15 is 0 Å². The van der Waals surface area contributed by atoms with Crippen molar-refractivity contribution in [3.63, 3.8) is 0 Å². The zero-order valence-corrected chi connectivity index (χ0v) is 22.1. The third-order valence-electron chi connectivity index (χ3n) is 6.08. The van der Waals surface area contributed by atoms with Gasteiger partial charge in [-0.25, -0.2) is 23.4 Å². The molecular formula is C22H27N5O4S3. The van der Waals surface area contributed by atoms with Crippen LogP contribution in [0.3, 0.4) is 0 Å². The van der Waals surface area contributed by atoms with E-state index in [1.807, 2.05) is 33.1 Å². The van der Waals surface area contributed by atoms with Gasteiger partial charge in [-0.15, -0.1) is 11.3 Å². The summed E-state index contributed by atoms with van der Waals surface area (Å²) in [7, 11) is -3.17. The van der Waals surface area contributed by atoms with Crippen LogP contribution in [0.25, 0.3) is 20.8 Å². The number of nitrogens with one attached hydrogen (secondary N) is 1.